The third-order valence-corrected chi connectivity index (χ3v) is 4.89. The van der Waals surface area contributed by atoms with E-state index in [9.17, 15) is 5.11 Å². The number of aromatic hydroxyl groups is 1. The van der Waals surface area contributed by atoms with E-state index >= 15 is 0 Å². The number of piperidine rings is 1. The van der Waals surface area contributed by atoms with Gasteiger partial charge in [0.1, 0.15) is 11.5 Å². The summed E-state index contributed by atoms with van der Waals surface area (Å²) in [4.78, 5) is 2.50. The van der Waals surface area contributed by atoms with Gasteiger partial charge in [0.15, 0.2) is 0 Å². The second-order valence-electron chi connectivity index (χ2n) is 6.03. The predicted molar refractivity (Wildman–Crippen MR) is 94.4 cm³/mol. The second kappa shape index (κ2) is 7.99. The number of nitrogens with one attached hydrogen (secondary N) is 1. The number of likely N-dealkylation sites (tertiary alicyclic amines) is 1. The van der Waals surface area contributed by atoms with Crippen molar-refractivity contribution in [3.63, 3.8) is 0 Å². The SMILES string of the molecule is Oc1ccc(Br)cc1CNCC(c1ccco1)N1CCCCC1. The van der Waals surface area contributed by atoms with E-state index in [1.807, 2.05) is 18.2 Å². The average Bonchev–Trinajstić information content (AvgIpc) is 3.09. The third kappa shape index (κ3) is 4.37. The maximum Gasteiger partial charge on any atom is 0.122 e. The van der Waals surface area contributed by atoms with Gasteiger partial charge >= 0.3 is 0 Å². The van der Waals surface area contributed by atoms with Crippen molar-refractivity contribution in [1.82, 2.24) is 10.2 Å². The van der Waals surface area contributed by atoms with Crippen molar-refractivity contribution in [3.8, 4) is 5.75 Å². The van der Waals surface area contributed by atoms with Crippen LogP contribution >= 0.6 is 15.9 Å². The Bertz CT molecular complexity index is 609. The lowest BCUT2D eigenvalue weighted by atomic mass is 10.1. The van der Waals surface area contributed by atoms with E-state index in [2.05, 4.69) is 32.2 Å². The highest BCUT2D eigenvalue weighted by atomic mass is 79.9. The number of phenols is 1. The molecule has 1 aromatic carbocycles. The summed E-state index contributed by atoms with van der Waals surface area (Å²) in [5.41, 5.74) is 0.899. The molecule has 23 heavy (non-hydrogen) atoms. The molecule has 1 atom stereocenters. The summed E-state index contributed by atoms with van der Waals surface area (Å²) in [6.45, 7) is 3.68. The zero-order chi connectivity index (χ0) is 16.1. The third-order valence-electron chi connectivity index (χ3n) is 4.40. The molecule has 0 amide bonds. The molecule has 2 heterocycles. The van der Waals surface area contributed by atoms with Crippen molar-refractivity contribution < 1.29 is 9.52 Å². The van der Waals surface area contributed by atoms with Crippen molar-refractivity contribution in [1.29, 1.82) is 0 Å². The van der Waals surface area contributed by atoms with Crippen molar-refractivity contribution in [3.05, 3.63) is 52.4 Å². The standard InChI is InChI=1S/C18H23BrN2O2/c19-15-6-7-17(22)14(11-15)12-20-13-16(18-5-4-10-23-18)21-8-2-1-3-9-21/h4-7,10-11,16,20,22H,1-3,8-9,12-13H2. The first-order valence-electron chi connectivity index (χ1n) is 8.19. The molecule has 0 saturated carbocycles. The van der Waals surface area contributed by atoms with E-state index in [1.165, 1.54) is 19.3 Å². The lowest BCUT2D eigenvalue weighted by molar-refractivity contribution is 0.142. The first-order chi connectivity index (χ1) is 11.2. The summed E-state index contributed by atoms with van der Waals surface area (Å²) in [6.07, 6.45) is 5.57. The summed E-state index contributed by atoms with van der Waals surface area (Å²) in [5, 5.41) is 13.4. The van der Waals surface area contributed by atoms with Crippen LogP contribution in [0.1, 0.15) is 36.6 Å². The molecule has 1 unspecified atom stereocenters. The van der Waals surface area contributed by atoms with Crippen LogP contribution in [0, 0.1) is 0 Å². The van der Waals surface area contributed by atoms with Crippen LogP contribution in [0.15, 0.2) is 45.5 Å². The molecule has 5 heteroatoms. The van der Waals surface area contributed by atoms with Gasteiger partial charge < -0.3 is 14.8 Å². The minimum Gasteiger partial charge on any atom is -0.508 e. The molecular weight excluding hydrogens is 356 g/mol. The average molecular weight is 379 g/mol. The lowest BCUT2D eigenvalue weighted by Crippen LogP contribution is -2.38. The highest BCUT2D eigenvalue weighted by molar-refractivity contribution is 9.10. The molecule has 2 N–H and O–H groups in total. The van der Waals surface area contributed by atoms with Crippen LogP contribution in [0.5, 0.6) is 5.75 Å². The van der Waals surface area contributed by atoms with Gasteiger partial charge in [0.2, 0.25) is 0 Å². The number of rotatable bonds is 6. The summed E-state index contributed by atoms with van der Waals surface area (Å²) >= 11 is 3.45. The van der Waals surface area contributed by atoms with Crippen LogP contribution in [0.2, 0.25) is 0 Å². The van der Waals surface area contributed by atoms with Gasteiger partial charge in [-0.1, -0.05) is 22.4 Å². The van der Waals surface area contributed by atoms with E-state index in [0.717, 1.165) is 35.4 Å². The number of furan rings is 1. The van der Waals surface area contributed by atoms with Gasteiger partial charge in [-0.05, 0) is 56.3 Å². The number of hydrogen-bond donors (Lipinski definition) is 2. The molecule has 124 valence electrons. The molecule has 0 bridgehead atoms. The molecule has 1 fully saturated rings. The van der Waals surface area contributed by atoms with E-state index in [-0.39, 0.29) is 6.04 Å². The molecule has 0 spiro atoms. The van der Waals surface area contributed by atoms with E-state index in [0.29, 0.717) is 12.3 Å². The maximum absolute atomic E-state index is 9.94. The van der Waals surface area contributed by atoms with Gasteiger partial charge in [0.05, 0.1) is 12.3 Å². The monoisotopic (exact) mass is 378 g/mol. The zero-order valence-electron chi connectivity index (χ0n) is 13.2. The van der Waals surface area contributed by atoms with Gasteiger partial charge in [-0.2, -0.15) is 0 Å². The summed E-state index contributed by atoms with van der Waals surface area (Å²) in [7, 11) is 0. The molecule has 0 radical (unpaired) electrons. The van der Waals surface area contributed by atoms with Crippen molar-refractivity contribution in [2.75, 3.05) is 19.6 Å². The van der Waals surface area contributed by atoms with Gasteiger partial charge in [-0.25, -0.2) is 0 Å². The van der Waals surface area contributed by atoms with Crippen LogP contribution in [0.4, 0.5) is 0 Å². The fourth-order valence-electron chi connectivity index (χ4n) is 3.16. The Morgan fingerprint density at radius 3 is 2.78 bits per heavy atom. The van der Waals surface area contributed by atoms with Gasteiger partial charge in [0, 0.05) is 23.1 Å². The molecule has 1 aliphatic heterocycles. The normalized spacial score (nSPS) is 17.3. The van der Waals surface area contributed by atoms with Crippen LogP contribution in [-0.4, -0.2) is 29.6 Å². The number of halogens is 1. The Hall–Kier alpha value is -1.30. The van der Waals surface area contributed by atoms with Crippen LogP contribution < -0.4 is 5.32 Å². The summed E-state index contributed by atoms with van der Waals surface area (Å²) in [6, 6.07) is 9.77. The second-order valence-corrected chi connectivity index (χ2v) is 6.95. The summed E-state index contributed by atoms with van der Waals surface area (Å²) in [5.74, 6) is 1.34. The highest BCUT2D eigenvalue weighted by Gasteiger charge is 2.24. The first-order valence-corrected chi connectivity index (χ1v) is 8.99. The Labute approximate surface area is 145 Å². The first kappa shape index (κ1) is 16.6. The Kier molecular flexibility index (Phi) is 5.75. The van der Waals surface area contributed by atoms with Gasteiger partial charge in [-0.15, -0.1) is 0 Å². The largest absolute Gasteiger partial charge is 0.508 e. The van der Waals surface area contributed by atoms with Crippen molar-refractivity contribution in [2.24, 2.45) is 0 Å². The lowest BCUT2D eigenvalue weighted by Gasteiger charge is -2.33. The van der Waals surface area contributed by atoms with Crippen molar-refractivity contribution in [2.45, 2.75) is 31.8 Å². The van der Waals surface area contributed by atoms with Crippen LogP contribution in [0.3, 0.4) is 0 Å². The van der Waals surface area contributed by atoms with E-state index in [1.54, 1.807) is 12.3 Å². The number of hydrogen-bond acceptors (Lipinski definition) is 4. The number of nitrogens with zero attached hydrogens (tertiary/aromatic N) is 1. The minimum atomic E-state index is 0.250. The molecule has 3 rings (SSSR count). The maximum atomic E-state index is 9.94. The Morgan fingerprint density at radius 2 is 2.04 bits per heavy atom. The molecule has 1 aromatic heterocycles. The number of phenolic OH excluding ortho intramolecular Hbond substituents is 1. The van der Waals surface area contributed by atoms with E-state index < -0.39 is 0 Å². The zero-order valence-corrected chi connectivity index (χ0v) is 14.8. The van der Waals surface area contributed by atoms with E-state index in [4.69, 9.17) is 4.42 Å². The quantitative estimate of drug-likeness (QED) is 0.795. The Balaban J connectivity index is 1.63. The van der Waals surface area contributed by atoms with Crippen LogP contribution in [0.25, 0.3) is 0 Å². The predicted octanol–water partition coefficient (Wildman–Crippen LogP) is 4.06. The fraction of sp³-hybridized carbons (Fsp3) is 0.444. The molecule has 1 aliphatic rings. The number of benzene rings is 1. The fourth-order valence-corrected chi connectivity index (χ4v) is 3.57. The van der Waals surface area contributed by atoms with Gasteiger partial charge in [-0.3, -0.25) is 4.90 Å². The summed E-state index contributed by atoms with van der Waals surface area (Å²) < 4.78 is 6.63. The van der Waals surface area contributed by atoms with Crippen LogP contribution in [-0.2, 0) is 6.54 Å². The molecule has 1 saturated heterocycles. The Morgan fingerprint density at radius 1 is 1.22 bits per heavy atom. The van der Waals surface area contributed by atoms with Crippen molar-refractivity contribution >= 4 is 15.9 Å². The molecule has 4 nitrogen and oxygen atoms in total. The molecular formula is C18H23BrN2O2. The highest BCUT2D eigenvalue weighted by Crippen LogP contribution is 2.25. The molecule has 2 aromatic rings. The molecule has 0 aliphatic carbocycles. The topological polar surface area (TPSA) is 48.6 Å². The van der Waals surface area contributed by atoms with Gasteiger partial charge in [0.25, 0.3) is 0 Å². The minimum absolute atomic E-state index is 0.250. The smallest absolute Gasteiger partial charge is 0.122 e.